The Kier molecular flexibility index (Phi) is 2.45. The molecule has 4 nitrogen and oxygen atoms in total. The number of aryl methyl sites for hydroxylation is 1. The molecule has 1 aliphatic carbocycles. The Bertz CT molecular complexity index is 629. The van der Waals surface area contributed by atoms with Crippen LogP contribution in [0.25, 0.3) is 10.9 Å². The third-order valence-electron chi connectivity index (χ3n) is 4.00. The predicted molar refractivity (Wildman–Crippen MR) is 73.9 cm³/mol. The maximum absolute atomic E-state index is 5.47. The second-order valence-corrected chi connectivity index (χ2v) is 5.46. The van der Waals surface area contributed by atoms with Crippen molar-refractivity contribution in [3.05, 3.63) is 23.4 Å². The molecule has 1 aromatic carbocycles. The van der Waals surface area contributed by atoms with Crippen LogP contribution in [0.2, 0.25) is 0 Å². The first-order valence-electron chi connectivity index (χ1n) is 6.95. The second kappa shape index (κ2) is 4.17. The normalized spacial score (nSPS) is 17.3. The maximum atomic E-state index is 5.47. The second-order valence-electron chi connectivity index (χ2n) is 5.46. The van der Waals surface area contributed by atoms with Gasteiger partial charge < -0.3 is 19.8 Å². The molecular formula is C15H18N2O2. The topological polar surface area (TPSA) is 46.3 Å². The molecule has 0 unspecified atom stereocenters. The molecule has 0 atom stereocenters. The lowest BCUT2D eigenvalue weighted by atomic mass is 10.1. The fraction of sp³-hybridized carbons (Fsp3) is 0.467. The van der Waals surface area contributed by atoms with E-state index in [-0.39, 0.29) is 0 Å². The van der Waals surface area contributed by atoms with Gasteiger partial charge >= 0.3 is 0 Å². The van der Waals surface area contributed by atoms with E-state index in [0.717, 1.165) is 36.0 Å². The molecule has 0 amide bonds. The molecule has 2 aliphatic rings. The SMILES string of the molecule is Cc1[nH]c2cc3c(cc2c1CCNC1CC1)OCO3. The van der Waals surface area contributed by atoms with Gasteiger partial charge in [-0.15, -0.1) is 0 Å². The van der Waals surface area contributed by atoms with Crippen molar-refractivity contribution in [1.29, 1.82) is 0 Å². The molecule has 2 aromatic rings. The number of H-pyrrole nitrogens is 1. The number of aromatic nitrogens is 1. The first kappa shape index (κ1) is 11.2. The van der Waals surface area contributed by atoms with E-state index in [2.05, 4.69) is 23.3 Å². The van der Waals surface area contributed by atoms with Crippen LogP contribution >= 0.6 is 0 Å². The fourth-order valence-electron chi connectivity index (χ4n) is 2.79. The zero-order chi connectivity index (χ0) is 12.8. The molecule has 0 bridgehead atoms. The van der Waals surface area contributed by atoms with Crippen molar-refractivity contribution in [2.75, 3.05) is 13.3 Å². The van der Waals surface area contributed by atoms with Crippen LogP contribution in [0, 0.1) is 6.92 Å². The van der Waals surface area contributed by atoms with E-state index < -0.39 is 0 Å². The van der Waals surface area contributed by atoms with Crippen molar-refractivity contribution >= 4 is 10.9 Å². The van der Waals surface area contributed by atoms with Gasteiger partial charge in [0.05, 0.1) is 0 Å². The summed E-state index contributed by atoms with van der Waals surface area (Å²) in [6, 6.07) is 4.92. The molecule has 100 valence electrons. The quantitative estimate of drug-likeness (QED) is 0.885. The van der Waals surface area contributed by atoms with Gasteiger partial charge in [0.15, 0.2) is 11.5 Å². The number of rotatable bonds is 4. The lowest BCUT2D eigenvalue weighted by Crippen LogP contribution is -2.19. The van der Waals surface area contributed by atoms with Gasteiger partial charge in [-0.3, -0.25) is 0 Å². The highest BCUT2D eigenvalue weighted by molar-refractivity contribution is 5.88. The lowest BCUT2D eigenvalue weighted by molar-refractivity contribution is 0.174. The number of hydrogen-bond donors (Lipinski definition) is 2. The number of fused-ring (bicyclic) bond motifs is 2. The van der Waals surface area contributed by atoms with E-state index in [1.807, 2.05) is 6.07 Å². The van der Waals surface area contributed by atoms with Crippen LogP contribution in [0.5, 0.6) is 11.5 Å². The number of aromatic amines is 1. The van der Waals surface area contributed by atoms with E-state index in [4.69, 9.17) is 9.47 Å². The third kappa shape index (κ3) is 1.96. The van der Waals surface area contributed by atoms with Gasteiger partial charge in [-0.25, -0.2) is 0 Å². The summed E-state index contributed by atoms with van der Waals surface area (Å²) in [5.74, 6) is 1.71. The van der Waals surface area contributed by atoms with Crippen LogP contribution in [0.1, 0.15) is 24.1 Å². The predicted octanol–water partition coefficient (Wildman–Crippen LogP) is 2.50. The van der Waals surface area contributed by atoms with Crippen molar-refractivity contribution < 1.29 is 9.47 Å². The smallest absolute Gasteiger partial charge is 0.231 e. The van der Waals surface area contributed by atoms with Gasteiger partial charge in [0.2, 0.25) is 6.79 Å². The minimum absolute atomic E-state index is 0.333. The number of benzene rings is 1. The Labute approximate surface area is 112 Å². The van der Waals surface area contributed by atoms with E-state index in [9.17, 15) is 0 Å². The molecule has 4 rings (SSSR count). The highest BCUT2D eigenvalue weighted by Gasteiger charge is 2.21. The van der Waals surface area contributed by atoms with Crippen LogP contribution in [0.3, 0.4) is 0 Å². The van der Waals surface area contributed by atoms with Gasteiger partial charge in [0, 0.05) is 28.7 Å². The van der Waals surface area contributed by atoms with Gasteiger partial charge in [-0.05, 0) is 44.4 Å². The lowest BCUT2D eigenvalue weighted by Gasteiger charge is -2.04. The molecule has 19 heavy (non-hydrogen) atoms. The maximum Gasteiger partial charge on any atom is 0.231 e. The van der Waals surface area contributed by atoms with Gasteiger partial charge in [-0.1, -0.05) is 0 Å². The molecule has 0 radical (unpaired) electrons. The number of nitrogens with one attached hydrogen (secondary N) is 2. The highest BCUT2D eigenvalue weighted by Crippen LogP contribution is 2.37. The first-order valence-corrected chi connectivity index (χ1v) is 6.95. The fourth-order valence-corrected chi connectivity index (χ4v) is 2.79. The Morgan fingerprint density at radius 1 is 1.26 bits per heavy atom. The zero-order valence-corrected chi connectivity index (χ0v) is 11.1. The summed E-state index contributed by atoms with van der Waals surface area (Å²) in [5, 5.41) is 4.83. The summed E-state index contributed by atoms with van der Waals surface area (Å²) in [6.45, 7) is 3.52. The van der Waals surface area contributed by atoms with Crippen LogP contribution in [-0.2, 0) is 6.42 Å². The Morgan fingerprint density at radius 3 is 2.84 bits per heavy atom. The van der Waals surface area contributed by atoms with Crippen molar-refractivity contribution in [1.82, 2.24) is 10.3 Å². The molecule has 1 aromatic heterocycles. The van der Waals surface area contributed by atoms with E-state index in [1.54, 1.807) is 0 Å². The minimum Gasteiger partial charge on any atom is -0.454 e. The van der Waals surface area contributed by atoms with E-state index >= 15 is 0 Å². The van der Waals surface area contributed by atoms with Gasteiger partial charge in [0.25, 0.3) is 0 Å². The van der Waals surface area contributed by atoms with Crippen molar-refractivity contribution in [2.45, 2.75) is 32.2 Å². The molecule has 1 fully saturated rings. The summed E-state index contributed by atoms with van der Waals surface area (Å²) < 4.78 is 10.9. The Morgan fingerprint density at radius 2 is 2.05 bits per heavy atom. The van der Waals surface area contributed by atoms with Crippen LogP contribution in [-0.4, -0.2) is 24.4 Å². The standard InChI is InChI=1S/C15H18N2O2/c1-9-11(4-5-16-10-2-3-10)12-6-14-15(19-8-18-14)7-13(12)17-9/h6-7,10,16-17H,2-5,8H2,1H3. The van der Waals surface area contributed by atoms with Gasteiger partial charge in [-0.2, -0.15) is 0 Å². The zero-order valence-electron chi connectivity index (χ0n) is 11.1. The summed E-state index contributed by atoms with van der Waals surface area (Å²) in [4.78, 5) is 3.45. The summed E-state index contributed by atoms with van der Waals surface area (Å²) in [5.41, 5.74) is 3.78. The largest absolute Gasteiger partial charge is 0.454 e. The number of ether oxygens (including phenoxy) is 2. The minimum atomic E-state index is 0.333. The molecule has 0 saturated heterocycles. The summed E-state index contributed by atoms with van der Waals surface area (Å²) >= 11 is 0. The molecule has 2 heterocycles. The average molecular weight is 258 g/mol. The molecule has 4 heteroatoms. The van der Waals surface area contributed by atoms with E-state index in [1.165, 1.54) is 29.5 Å². The van der Waals surface area contributed by atoms with Gasteiger partial charge in [0.1, 0.15) is 0 Å². The Hall–Kier alpha value is -1.68. The van der Waals surface area contributed by atoms with Crippen molar-refractivity contribution in [3.63, 3.8) is 0 Å². The first-order chi connectivity index (χ1) is 9.31. The average Bonchev–Trinajstić information content (AvgIpc) is 3.02. The van der Waals surface area contributed by atoms with Crippen LogP contribution in [0.15, 0.2) is 12.1 Å². The Balaban J connectivity index is 1.66. The molecule has 1 saturated carbocycles. The summed E-state index contributed by atoms with van der Waals surface area (Å²) in [6.07, 6.45) is 3.74. The molecule has 2 N–H and O–H groups in total. The monoisotopic (exact) mass is 258 g/mol. The molecular weight excluding hydrogens is 240 g/mol. The third-order valence-corrected chi connectivity index (χ3v) is 4.00. The van der Waals surface area contributed by atoms with Crippen LogP contribution < -0.4 is 14.8 Å². The van der Waals surface area contributed by atoms with E-state index in [0.29, 0.717) is 6.79 Å². The van der Waals surface area contributed by atoms with Crippen LogP contribution in [0.4, 0.5) is 0 Å². The molecule has 1 aliphatic heterocycles. The summed E-state index contributed by atoms with van der Waals surface area (Å²) in [7, 11) is 0. The molecule has 0 spiro atoms. The van der Waals surface area contributed by atoms with Crippen molar-refractivity contribution in [2.24, 2.45) is 0 Å². The number of hydrogen-bond acceptors (Lipinski definition) is 3. The highest BCUT2D eigenvalue weighted by atomic mass is 16.7. The van der Waals surface area contributed by atoms with Crippen molar-refractivity contribution in [3.8, 4) is 11.5 Å².